The number of rotatable bonds is 3. The van der Waals surface area contributed by atoms with E-state index < -0.39 is 6.04 Å². The predicted octanol–water partition coefficient (Wildman–Crippen LogP) is 3.06. The van der Waals surface area contributed by atoms with E-state index in [1.165, 1.54) is 0 Å². The molecular weight excluding hydrogens is 343 g/mol. The first-order valence-electron chi connectivity index (χ1n) is 7.08. The van der Waals surface area contributed by atoms with Gasteiger partial charge in [0, 0.05) is 28.8 Å². The Labute approximate surface area is 143 Å². The molecule has 0 bridgehead atoms. The van der Waals surface area contributed by atoms with Crippen molar-refractivity contribution in [2.24, 2.45) is 0 Å². The molecule has 0 aromatic heterocycles. The molecule has 2 aliphatic rings. The third kappa shape index (κ3) is 2.82. The van der Waals surface area contributed by atoms with Crippen molar-refractivity contribution in [1.82, 2.24) is 10.2 Å². The number of thioether (sulfide) groups is 1. The van der Waals surface area contributed by atoms with E-state index in [0.717, 1.165) is 12.0 Å². The Bertz CT molecular complexity index is 640. The zero-order valence-electron chi connectivity index (χ0n) is 12.1. The normalized spacial score (nSPS) is 27.1. The molecule has 0 saturated carbocycles. The van der Waals surface area contributed by atoms with Crippen LogP contribution in [0.1, 0.15) is 25.3 Å². The number of benzene rings is 1. The van der Waals surface area contributed by atoms with Crippen LogP contribution in [0.25, 0.3) is 0 Å². The van der Waals surface area contributed by atoms with Crippen molar-refractivity contribution in [1.29, 1.82) is 0 Å². The Morgan fingerprint density at radius 2 is 2.27 bits per heavy atom. The zero-order chi connectivity index (χ0) is 15.9. The summed E-state index contributed by atoms with van der Waals surface area (Å²) in [5.41, 5.74) is 0.806. The van der Waals surface area contributed by atoms with Gasteiger partial charge in [0.15, 0.2) is 0 Å². The van der Waals surface area contributed by atoms with Crippen LogP contribution in [0.3, 0.4) is 0 Å². The highest BCUT2D eigenvalue weighted by atomic mass is 35.5. The molecule has 1 aromatic carbocycles. The van der Waals surface area contributed by atoms with Crippen LogP contribution in [0, 0.1) is 0 Å². The van der Waals surface area contributed by atoms with Crippen LogP contribution >= 0.6 is 35.0 Å². The van der Waals surface area contributed by atoms with E-state index in [9.17, 15) is 9.59 Å². The lowest BCUT2D eigenvalue weighted by Crippen LogP contribution is -2.49. The fourth-order valence-corrected chi connectivity index (χ4v) is 4.89. The maximum Gasteiger partial charge on any atom is 0.243 e. The molecule has 4 nitrogen and oxygen atoms in total. The standard InChI is InChI=1S/C15H16Cl2N2O2S/c1-15-5-4-13(20)19(15)12(8-22-15)14(21)18-7-9-2-3-10(16)6-11(9)17/h2-3,6,12H,4-5,7-8H2,1H3,(H,18,21)/t12-,15+/m0/s1. The van der Waals surface area contributed by atoms with Gasteiger partial charge in [-0.2, -0.15) is 0 Å². The maximum atomic E-state index is 12.4. The molecule has 1 N–H and O–H groups in total. The van der Waals surface area contributed by atoms with Gasteiger partial charge < -0.3 is 10.2 Å². The molecule has 0 unspecified atom stereocenters. The summed E-state index contributed by atoms with van der Waals surface area (Å²) in [4.78, 5) is 26.0. The molecule has 7 heteroatoms. The molecule has 3 rings (SSSR count). The summed E-state index contributed by atoms with van der Waals surface area (Å²) in [7, 11) is 0. The highest BCUT2D eigenvalue weighted by Crippen LogP contribution is 2.47. The minimum atomic E-state index is -0.393. The fourth-order valence-electron chi connectivity index (χ4n) is 2.98. The highest BCUT2D eigenvalue weighted by molar-refractivity contribution is 8.01. The third-order valence-electron chi connectivity index (χ3n) is 4.22. The number of hydrogen-bond acceptors (Lipinski definition) is 3. The average Bonchev–Trinajstić information content (AvgIpc) is 2.95. The Hall–Kier alpha value is -0.910. The van der Waals surface area contributed by atoms with E-state index in [1.807, 2.05) is 6.92 Å². The molecule has 2 amide bonds. The topological polar surface area (TPSA) is 49.4 Å². The summed E-state index contributed by atoms with van der Waals surface area (Å²) in [5.74, 6) is 0.581. The summed E-state index contributed by atoms with van der Waals surface area (Å²) in [6.07, 6.45) is 1.33. The van der Waals surface area contributed by atoms with Gasteiger partial charge in [0.25, 0.3) is 0 Å². The van der Waals surface area contributed by atoms with Crippen molar-refractivity contribution in [3.05, 3.63) is 33.8 Å². The van der Waals surface area contributed by atoms with Crippen LogP contribution in [-0.2, 0) is 16.1 Å². The van der Waals surface area contributed by atoms with Gasteiger partial charge in [-0.05, 0) is 31.0 Å². The van der Waals surface area contributed by atoms with Gasteiger partial charge in [0.1, 0.15) is 6.04 Å². The van der Waals surface area contributed by atoms with Crippen molar-refractivity contribution in [3.8, 4) is 0 Å². The number of amides is 2. The van der Waals surface area contributed by atoms with E-state index in [2.05, 4.69) is 5.32 Å². The first-order valence-corrected chi connectivity index (χ1v) is 8.83. The van der Waals surface area contributed by atoms with Crippen LogP contribution < -0.4 is 5.32 Å². The highest BCUT2D eigenvalue weighted by Gasteiger charge is 2.52. The van der Waals surface area contributed by atoms with Gasteiger partial charge in [0.05, 0.1) is 4.87 Å². The second kappa shape index (κ2) is 5.95. The summed E-state index contributed by atoms with van der Waals surface area (Å²) in [6.45, 7) is 2.36. The molecule has 2 saturated heterocycles. The molecule has 0 aliphatic carbocycles. The largest absolute Gasteiger partial charge is 0.350 e. The number of nitrogens with zero attached hydrogens (tertiary/aromatic N) is 1. The maximum absolute atomic E-state index is 12.4. The van der Waals surface area contributed by atoms with Crippen molar-refractivity contribution in [3.63, 3.8) is 0 Å². The lowest BCUT2D eigenvalue weighted by atomic mass is 10.2. The van der Waals surface area contributed by atoms with Crippen LogP contribution in [0.15, 0.2) is 18.2 Å². The molecule has 1 aromatic rings. The van der Waals surface area contributed by atoms with E-state index in [4.69, 9.17) is 23.2 Å². The van der Waals surface area contributed by atoms with Gasteiger partial charge in [0.2, 0.25) is 11.8 Å². The molecule has 22 heavy (non-hydrogen) atoms. The quantitative estimate of drug-likeness (QED) is 0.903. The first-order chi connectivity index (χ1) is 10.4. The fraction of sp³-hybridized carbons (Fsp3) is 0.467. The number of nitrogens with one attached hydrogen (secondary N) is 1. The molecular formula is C15H16Cl2N2O2S. The van der Waals surface area contributed by atoms with Gasteiger partial charge in [-0.15, -0.1) is 11.8 Å². The first kappa shape index (κ1) is 16.0. The number of carbonyl (C=O) groups excluding carboxylic acids is 2. The monoisotopic (exact) mass is 358 g/mol. The van der Waals surface area contributed by atoms with Crippen molar-refractivity contribution < 1.29 is 9.59 Å². The van der Waals surface area contributed by atoms with Gasteiger partial charge >= 0.3 is 0 Å². The van der Waals surface area contributed by atoms with Crippen LogP contribution in [0.2, 0.25) is 10.0 Å². The Kier molecular flexibility index (Phi) is 4.32. The Morgan fingerprint density at radius 1 is 1.50 bits per heavy atom. The average molecular weight is 359 g/mol. The second-order valence-electron chi connectivity index (χ2n) is 5.72. The molecule has 2 fully saturated rings. The molecule has 2 heterocycles. The van der Waals surface area contributed by atoms with E-state index in [-0.39, 0.29) is 16.7 Å². The number of halogens is 2. The lowest BCUT2D eigenvalue weighted by molar-refractivity contribution is -0.138. The van der Waals surface area contributed by atoms with Crippen molar-refractivity contribution in [2.45, 2.75) is 37.2 Å². The molecule has 2 aliphatic heterocycles. The number of hydrogen-bond donors (Lipinski definition) is 1. The van der Waals surface area contributed by atoms with Crippen molar-refractivity contribution >= 4 is 46.8 Å². The Morgan fingerprint density at radius 3 is 3.00 bits per heavy atom. The van der Waals surface area contributed by atoms with Gasteiger partial charge in [-0.3, -0.25) is 9.59 Å². The number of carbonyl (C=O) groups is 2. The minimum Gasteiger partial charge on any atom is -0.350 e. The zero-order valence-corrected chi connectivity index (χ0v) is 14.4. The second-order valence-corrected chi connectivity index (χ2v) is 8.06. The summed E-state index contributed by atoms with van der Waals surface area (Å²) in [5, 5.41) is 3.96. The third-order valence-corrected chi connectivity index (χ3v) is 6.31. The SMILES string of the molecule is C[C@@]12CCC(=O)N1[C@H](C(=O)NCc1ccc(Cl)cc1Cl)CS2. The summed E-state index contributed by atoms with van der Waals surface area (Å²) < 4.78 is 0. The van der Waals surface area contributed by atoms with E-state index >= 15 is 0 Å². The predicted molar refractivity (Wildman–Crippen MR) is 89.0 cm³/mol. The molecule has 118 valence electrons. The smallest absolute Gasteiger partial charge is 0.243 e. The van der Waals surface area contributed by atoms with Crippen LogP contribution in [0.5, 0.6) is 0 Å². The summed E-state index contributed by atoms with van der Waals surface area (Å²) in [6, 6.07) is 4.79. The van der Waals surface area contributed by atoms with Crippen molar-refractivity contribution in [2.75, 3.05) is 5.75 Å². The molecule has 0 radical (unpaired) electrons. The summed E-state index contributed by atoms with van der Waals surface area (Å²) >= 11 is 13.6. The minimum absolute atomic E-state index is 0.0668. The Balaban J connectivity index is 1.66. The molecule has 0 spiro atoms. The number of fused-ring (bicyclic) bond motifs is 1. The molecule has 2 atom stereocenters. The van der Waals surface area contributed by atoms with Crippen LogP contribution in [-0.4, -0.2) is 33.4 Å². The van der Waals surface area contributed by atoms with E-state index in [0.29, 0.717) is 28.8 Å². The van der Waals surface area contributed by atoms with Gasteiger partial charge in [-0.1, -0.05) is 29.3 Å². The van der Waals surface area contributed by atoms with E-state index in [1.54, 1.807) is 34.9 Å². The van der Waals surface area contributed by atoms with Gasteiger partial charge in [-0.25, -0.2) is 0 Å². The lowest BCUT2D eigenvalue weighted by Gasteiger charge is -2.29. The van der Waals surface area contributed by atoms with Crippen LogP contribution in [0.4, 0.5) is 0 Å².